The monoisotopic (exact) mass is 443 g/mol. The van der Waals surface area contributed by atoms with E-state index in [-0.39, 0.29) is 11.9 Å². The molecule has 168 valence electrons. The largest absolute Gasteiger partial charge is 0.497 e. The van der Waals surface area contributed by atoms with Gasteiger partial charge in [0.15, 0.2) is 11.5 Å². The standard InChI is InChI=1S/C25H25N5O3/c1-24(11-16-5-4-6-19(9-16)32-3)14-25(22(31)30(2)23(26)29-25)20-10-17(7-8-21(20)33-24)18-12-27-15-28-13-18/h4-10,12-13,15H,11,14H2,1-3H3,(H2,26,29). The van der Waals surface area contributed by atoms with Crippen molar-refractivity contribution in [2.24, 2.45) is 10.7 Å². The lowest BCUT2D eigenvalue weighted by molar-refractivity contribution is -0.133. The Hall–Kier alpha value is -3.94. The van der Waals surface area contributed by atoms with Gasteiger partial charge in [-0.15, -0.1) is 0 Å². The minimum atomic E-state index is -1.16. The van der Waals surface area contributed by atoms with Crippen molar-refractivity contribution in [2.75, 3.05) is 14.2 Å². The van der Waals surface area contributed by atoms with Gasteiger partial charge in [0.25, 0.3) is 5.91 Å². The maximum absolute atomic E-state index is 13.6. The van der Waals surface area contributed by atoms with Gasteiger partial charge in [-0.05, 0) is 42.3 Å². The van der Waals surface area contributed by atoms with E-state index in [0.29, 0.717) is 24.2 Å². The first-order chi connectivity index (χ1) is 15.8. The Balaban J connectivity index is 1.62. The van der Waals surface area contributed by atoms with Crippen LogP contribution in [0.5, 0.6) is 11.5 Å². The summed E-state index contributed by atoms with van der Waals surface area (Å²) in [5.74, 6) is 1.43. The Morgan fingerprint density at radius 2 is 1.94 bits per heavy atom. The van der Waals surface area contributed by atoms with Crippen molar-refractivity contribution in [1.82, 2.24) is 14.9 Å². The average Bonchev–Trinajstić information content (AvgIpc) is 3.03. The van der Waals surface area contributed by atoms with Crippen molar-refractivity contribution in [2.45, 2.75) is 30.9 Å². The van der Waals surface area contributed by atoms with E-state index in [1.165, 1.54) is 11.2 Å². The fraction of sp³-hybridized carbons (Fsp3) is 0.280. The molecule has 2 aromatic carbocycles. The van der Waals surface area contributed by atoms with E-state index in [0.717, 1.165) is 22.4 Å². The molecule has 2 unspecified atom stereocenters. The Labute approximate surface area is 192 Å². The Bertz CT molecular complexity index is 1260. The zero-order valence-electron chi connectivity index (χ0n) is 18.8. The van der Waals surface area contributed by atoms with Gasteiger partial charge < -0.3 is 15.2 Å². The summed E-state index contributed by atoms with van der Waals surface area (Å²) in [6.07, 6.45) is 5.88. The summed E-state index contributed by atoms with van der Waals surface area (Å²) in [5.41, 5.74) is 7.75. The number of nitrogens with zero attached hydrogens (tertiary/aromatic N) is 4. The molecule has 2 N–H and O–H groups in total. The van der Waals surface area contributed by atoms with Gasteiger partial charge in [0.2, 0.25) is 0 Å². The molecule has 3 aromatic rings. The maximum atomic E-state index is 13.6. The summed E-state index contributed by atoms with van der Waals surface area (Å²) >= 11 is 0. The molecule has 2 atom stereocenters. The summed E-state index contributed by atoms with van der Waals surface area (Å²) in [5, 5.41) is 0. The molecular formula is C25H25N5O3. The molecule has 8 heteroatoms. The molecule has 0 bridgehead atoms. The van der Waals surface area contributed by atoms with Gasteiger partial charge in [0, 0.05) is 43.4 Å². The van der Waals surface area contributed by atoms with Crippen molar-refractivity contribution in [3.05, 3.63) is 72.3 Å². The van der Waals surface area contributed by atoms with E-state index in [2.05, 4.69) is 9.97 Å². The first-order valence-electron chi connectivity index (χ1n) is 10.7. The number of amides is 1. The molecule has 3 heterocycles. The quantitative estimate of drug-likeness (QED) is 0.665. The minimum Gasteiger partial charge on any atom is -0.497 e. The number of hydrogen-bond acceptors (Lipinski definition) is 7. The number of carbonyl (C=O) groups is 1. The molecule has 1 amide bonds. The number of likely N-dealkylation sites (N-methyl/N-ethyl adjacent to an activating group) is 1. The number of rotatable bonds is 4. The number of nitrogens with two attached hydrogens (primary N) is 1. The molecular weight excluding hydrogens is 418 g/mol. The first-order valence-corrected chi connectivity index (χ1v) is 10.7. The van der Waals surface area contributed by atoms with Crippen LogP contribution < -0.4 is 15.2 Å². The number of methoxy groups -OCH3 is 1. The number of carbonyl (C=O) groups excluding carboxylic acids is 1. The highest BCUT2D eigenvalue weighted by Crippen LogP contribution is 2.50. The number of ether oxygens (including phenoxy) is 2. The summed E-state index contributed by atoms with van der Waals surface area (Å²) in [7, 11) is 3.29. The SMILES string of the molecule is COc1cccc(CC2(C)CC3(N=C(N)N(C)C3=O)c3cc(-c4cncnc4)ccc3O2)c1. The lowest BCUT2D eigenvalue weighted by Gasteiger charge is -2.43. The molecule has 2 aliphatic heterocycles. The average molecular weight is 444 g/mol. The highest BCUT2D eigenvalue weighted by Gasteiger charge is 2.56. The fourth-order valence-electron chi connectivity index (χ4n) is 4.81. The summed E-state index contributed by atoms with van der Waals surface area (Å²) in [6, 6.07) is 13.6. The highest BCUT2D eigenvalue weighted by molar-refractivity contribution is 6.07. The van der Waals surface area contributed by atoms with Crippen LogP contribution in [0.4, 0.5) is 0 Å². The van der Waals surface area contributed by atoms with Gasteiger partial charge >= 0.3 is 0 Å². The molecule has 0 saturated carbocycles. The third-order valence-corrected chi connectivity index (χ3v) is 6.32. The van der Waals surface area contributed by atoms with Crippen LogP contribution in [-0.2, 0) is 16.8 Å². The number of hydrogen-bond donors (Lipinski definition) is 1. The first kappa shape index (κ1) is 20.9. The number of aliphatic imine (C=N–C) groups is 1. The second-order valence-corrected chi connectivity index (χ2v) is 8.79. The zero-order chi connectivity index (χ0) is 23.2. The lowest BCUT2D eigenvalue weighted by atomic mass is 9.74. The van der Waals surface area contributed by atoms with Crippen molar-refractivity contribution < 1.29 is 14.3 Å². The predicted octanol–water partition coefficient (Wildman–Crippen LogP) is 2.92. The predicted molar refractivity (Wildman–Crippen MR) is 124 cm³/mol. The van der Waals surface area contributed by atoms with Crippen LogP contribution in [0.15, 0.2) is 66.2 Å². The van der Waals surface area contributed by atoms with Crippen LogP contribution in [0.3, 0.4) is 0 Å². The van der Waals surface area contributed by atoms with Crippen molar-refractivity contribution in [3.63, 3.8) is 0 Å². The topological polar surface area (TPSA) is 103 Å². The third-order valence-electron chi connectivity index (χ3n) is 6.32. The van der Waals surface area contributed by atoms with Crippen LogP contribution in [-0.4, -0.2) is 46.5 Å². The lowest BCUT2D eigenvalue weighted by Crippen LogP contribution is -2.51. The van der Waals surface area contributed by atoms with Crippen LogP contribution in [0, 0.1) is 0 Å². The second-order valence-electron chi connectivity index (χ2n) is 8.79. The van der Waals surface area contributed by atoms with E-state index in [1.807, 2.05) is 49.4 Å². The van der Waals surface area contributed by atoms with Crippen molar-refractivity contribution >= 4 is 11.9 Å². The number of fused-ring (bicyclic) bond motifs is 2. The smallest absolute Gasteiger partial charge is 0.261 e. The second kappa shape index (κ2) is 7.58. The van der Waals surface area contributed by atoms with Gasteiger partial charge in [-0.3, -0.25) is 9.69 Å². The molecule has 1 aromatic heterocycles. The molecule has 8 nitrogen and oxygen atoms in total. The number of aromatic nitrogens is 2. The minimum absolute atomic E-state index is 0.164. The fourth-order valence-corrected chi connectivity index (χ4v) is 4.81. The van der Waals surface area contributed by atoms with Gasteiger partial charge in [0.05, 0.1) is 7.11 Å². The summed E-state index contributed by atoms with van der Waals surface area (Å²) in [4.78, 5) is 27.9. The number of guanidine groups is 1. The third kappa shape index (κ3) is 3.47. The molecule has 0 radical (unpaired) electrons. The van der Waals surface area contributed by atoms with E-state index < -0.39 is 11.1 Å². The molecule has 0 saturated heterocycles. The van der Waals surface area contributed by atoms with Crippen LogP contribution in [0.2, 0.25) is 0 Å². The zero-order valence-corrected chi connectivity index (χ0v) is 18.8. The Morgan fingerprint density at radius 1 is 1.15 bits per heavy atom. The Morgan fingerprint density at radius 3 is 2.64 bits per heavy atom. The van der Waals surface area contributed by atoms with E-state index in [9.17, 15) is 4.79 Å². The van der Waals surface area contributed by atoms with E-state index >= 15 is 0 Å². The molecule has 5 rings (SSSR count). The van der Waals surface area contributed by atoms with Gasteiger partial charge in [-0.2, -0.15) is 0 Å². The Kier molecular flexibility index (Phi) is 4.81. The van der Waals surface area contributed by atoms with Crippen molar-refractivity contribution in [1.29, 1.82) is 0 Å². The van der Waals surface area contributed by atoms with E-state index in [4.69, 9.17) is 20.2 Å². The number of benzene rings is 2. The van der Waals surface area contributed by atoms with Crippen molar-refractivity contribution in [3.8, 4) is 22.6 Å². The van der Waals surface area contributed by atoms with Gasteiger partial charge in [-0.1, -0.05) is 18.2 Å². The molecule has 0 fully saturated rings. The highest BCUT2D eigenvalue weighted by atomic mass is 16.5. The van der Waals surface area contributed by atoms with E-state index in [1.54, 1.807) is 26.6 Å². The molecule has 33 heavy (non-hydrogen) atoms. The van der Waals surface area contributed by atoms with Gasteiger partial charge in [-0.25, -0.2) is 15.0 Å². The normalized spacial score (nSPS) is 23.8. The molecule has 1 spiro atoms. The maximum Gasteiger partial charge on any atom is 0.261 e. The van der Waals surface area contributed by atoms with Crippen LogP contribution in [0.25, 0.3) is 11.1 Å². The summed E-state index contributed by atoms with van der Waals surface area (Å²) in [6.45, 7) is 2.01. The van der Waals surface area contributed by atoms with Crippen LogP contribution >= 0.6 is 0 Å². The molecule has 0 aliphatic carbocycles. The molecule has 2 aliphatic rings. The summed E-state index contributed by atoms with van der Waals surface area (Å²) < 4.78 is 11.9. The van der Waals surface area contributed by atoms with Crippen LogP contribution in [0.1, 0.15) is 24.5 Å². The van der Waals surface area contributed by atoms with Gasteiger partial charge in [0.1, 0.15) is 23.4 Å².